The van der Waals surface area contributed by atoms with Gasteiger partial charge in [0.2, 0.25) is 0 Å². The first-order valence-electron chi connectivity index (χ1n) is 9.20. The number of benzene rings is 2. The van der Waals surface area contributed by atoms with Gasteiger partial charge in [-0.2, -0.15) is 0 Å². The zero-order chi connectivity index (χ0) is 21.2. The predicted octanol–water partition coefficient (Wildman–Crippen LogP) is 5.44. The van der Waals surface area contributed by atoms with Crippen LogP contribution in [0.25, 0.3) is 0 Å². The van der Waals surface area contributed by atoms with E-state index in [1.807, 2.05) is 6.07 Å². The smallest absolute Gasteiger partial charge is 0.269 e. The molecule has 2 aromatic rings. The first-order valence-corrected chi connectivity index (χ1v) is 10.4. The van der Waals surface area contributed by atoms with E-state index in [4.69, 9.17) is 17.0 Å². The van der Waals surface area contributed by atoms with Crippen molar-refractivity contribution in [3.63, 3.8) is 0 Å². The van der Waals surface area contributed by atoms with Gasteiger partial charge < -0.3 is 10.1 Å². The lowest BCUT2D eigenvalue weighted by Crippen LogP contribution is -2.34. The molecule has 0 radical (unpaired) electrons. The molecule has 2 aromatic carbocycles. The van der Waals surface area contributed by atoms with Crippen molar-refractivity contribution in [2.45, 2.75) is 32.6 Å². The predicted molar refractivity (Wildman–Crippen MR) is 121 cm³/mol. The zero-order valence-electron chi connectivity index (χ0n) is 15.9. The van der Waals surface area contributed by atoms with E-state index in [1.165, 1.54) is 24.3 Å². The second kappa shape index (κ2) is 11.5. The minimum atomic E-state index is -0.485. The molecule has 7 nitrogen and oxygen atoms in total. The Hall–Kier alpha value is -2.52. The molecule has 154 valence electrons. The van der Waals surface area contributed by atoms with E-state index < -0.39 is 10.8 Å². The summed E-state index contributed by atoms with van der Waals surface area (Å²) in [4.78, 5) is 22.9. The van der Waals surface area contributed by atoms with Crippen LogP contribution >= 0.6 is 28.1 Å². The maximum Gasteiger partial charge on any atom is 0.269 e. The van der Waals surface area contributed by atoms with Crippen LogP contribution < -0.4 is 15.4 Å². The van der Waals surface area contributed by atoms with Crippen LogP contribution in [0.15, 0.2) is 46.9 Å². The van der Waals surface area contributed by atoms with E-state index in [9.17, 15) is 14.9 Å². The molecular formula is C20H22BrN3O4S. The largest absolute Gasteiger partial charge is 0.493 e. The first kappa shape index (κ1) is 22.8. The van der Waals surface area contributed by atoms with Gasteiger partial charge in [0.25, 0.3) is 11.6 Å². The number of nitrogens with zero attached hydrogens (tertiary/aromatic N) is 1. The van der Waals surface area contributed by atoms with Crippen molar-refractivity contribution in [1.82, 2.24) is 5.32 Å². The van der Waals surface area contributed by atoms with Gasteiger partial charge in [-0.15, -0.1) is 0 Å². The number of rotatable bonds is 9. The third-order valence-electron chi connectivity index (χ3n) is 4.00. The molecule has 0 aliphatic rings. The van der Waals surface area contributed by atoms with Crippen LogP contribution in [0, 0.1) is 10.1 Å². The number of unbranched alkanes of at least 4 members (excludes halogenated alkanes) is 3. The van der Waals surface area contributed by atoms with Gasteiger partial charge in [0, 0.05) is 22.3 Å². The van der Waals surface area contributed by atoms with E-state index in [2.05, 4.69) is 33.5 Å². The molecule has 1 amide bonds. The molecule has 0 heterocycles. The van der Waals surface area contributed by atoms with Gasteiger partial charge in [-0.05, 0) is 49.0 Å². The van der Waals surface area contributed by atoms with Crippen molar-refractivity contribution in [3.05, 3.63) is 62.6 Å². The molecule has 9 heteroatoms. The molecule has 0 aromatic heterocycles. The maximum absolute atomic E-state index is 12.7. The standard InChI is InChI=1S/C20H22BrN3O4S/c1-2-3-4-5-12-28-18-11-6-14(21)13-17(18)19(25)23-20(29)22-15-7-9-16(10-8-15)24(26)27/h6-11,13H,2-5,12H2,1H3,(H2,22,23,25,29). The first-order chi connectivity index (χ1) is 13.9. The molecule has 0 spiro atoms. The zero-order valence-corrected chi connectivity index (χ0v) is 18.3. The third kappa shape index (κ3) is 7.43. The highest BCUT2D eigenvalue weighted by Gasteiger charge is 2.15. The summed E-state index contributed by atoms with van der Waals surface area (Å²) in [7, 11) is 0. The summed E-state index contributed by atoms with van der Waals surface area (Å²) in [6, 6.07) is 11.0. The van der Waals surface area contributed by atoms with E-state index in [-0.39, 0.29) is 10.8 Å². The van der Waals surface area contributed by atoms with Crippen LogP contribution in [0.2, 0.25) is 0 Å². The second-order valence-electron chi connectivity index (χ2n) is 6.26. The molecule has 0 fully saturated rings. The molecule has 0 unspecified atom stereocenters. The fraction of sp³-hybridized carbons (Fsp3) is 0.300. The van der Waals surface area contributed by atoms with Gasteiger partial charge in [-0.1, -0.05) is 42.1 Å². The minimum Gasteiger partial charge on any atom is -0.493 e. The Morgan fingerprint density at radius 2 is 1.90 bits per heavy atom. The molecule has 0 aliphatic heterocycles. The summed E-state index contributed by atoms with van der Waals surface area (Å²) in [6.45, 7) is 2.68. The Labute approximate surface area is 183 Å². The number of nitro groups is 1. The monoisotopic (exact) mass is 479 g/mol. The molecule has 0 atom stereocenters. The van der Waals surface area contributed by atoms with Crippen molar-refractivity contribution >= 4 is 50.5 Å². The lowest BCUT2D eigenvalue weighted by Gasteiger charge is -2.13. The summed E-state index contributed by atoms with van der Waals surface area (Å²) >= 11 is 8.54. The number of amides is 1. The van der Waals surface area contributed by atoms with Gasteiger partial charge in [0.05, 0.1) is 17.1 Å². The van der Waals surface area contributed by atoms with E-state index in [1.54, 1.807) is 12.1 Å². The summed E-state index contributed by atoms with van der Waals surface area (Å²) in [6.07, 6.45) is 4.30. The molecule has 0 saturated heterocycles. The van der Waals surface area contributed by atoms with Crippen molar-refractivity contribution < 1.29 is 14.5 Å². The molecule has 0 saturated carbocycles. The quantitative estimate of drug-likeness (QED) is 0.215. The van der Waals surface area contributed by atoms with Gasteiger partial charge in [0.15, 0.2) is 5.11 Å². The maximum atomic E-state index is 12.7. The number of nitro benzene ring substituents is 1. The van der Waals surface area contributed by atoms with Crippen molar-refractivity contribution in [2.75, 3.05) is 11.9 Å². The molecule has 2 N–H and O–H groups in total. The highest BCUT2D eigenvalue weighted by molar-refractivity contribution is 9.10. The topological polar surface area (TPSA) is 93.5 Å². The number of hydrogen-bond acceptors (Lipinski definition) is 5. The van der Waals surface area contributed by atoms with Crippen molar-refractivity contribution in [3.8, 4) is 5.75 Å². The summed E-state index contributed by atoms with van der Waals surface area (Å²) in [5, 5.41) is 16.2. The number of hydrogen-bond donors (Lipinski definition) is 2. The number of nitrogens with one attached hydrogen (secondary N) is 2. The molecule has 29 heavy (non-hydrogen) atoms. The van der Waals surface area contributed by atoms with E-state index in [0.29, 0.717) is 23.6 Å². The van der Waals surface area contributed by atoms with Crippen LogP contribution in [0.3, 0.4) is 0 Å². The lowest BCUT2D eigenvalue weighted by molar-refractivity contribution is -0.384. The van der Waals surface area contributed by atoms with Crippen LogP contribution in [-0.4, -0.2) is 22.5 Å². The third-order valence-corrected chi connectivity index (χ3v) is 4.70. The fourth-order valence-electron chi connectivity index (χ4n) is 2.52. The second-order valence-corrected chi connectivity index (χ2v) is 7.59. The van der Waals surface area contributed by atoms with Gasteiger partial charge >= 0.3 is 0 Å². The Bertz CT molecular complexity index is 875. The van der Waals surface area contributed by atoms with Crippen molar-refractivity contribution in [2.24, 2.45) is 0 Å². The number of carbonyl (C=O) groups excluding carboxylic acids is 1. The van der Waals surface area contributed by atoms with Crippen LogP contribution in [0.1, 0.15) is 43.0 Å². The van der Waals surface area contributed by atoms with Gasteiger partial charge in [-0.25, -0.2) is 0 Å². The van der Waals surface area contributed by atoms with E-state index >= 15 is 0 Å². The van der Waals surface area contributed by atoms with E-state index in [0.717, 1.165) is 30.2 Å². The summed E-state index contributed by atoms with van der Waals surface area (Å²) in [5.41, 5.74) is 0.866. The average molecular weight is 480 g/mol. The SMILES string of the molecule is CCCCCCOc1ccc(Br)cc1C(=O)NC(=S)Nc1ccc([N+](=O)[O-])cc1. The molecule has 2 rings (SSSR count). The lowest BCUT2D eigenvalue weighted by atomic mass is 10.2. The fourth-order valence-corrected chi connectivity index (χ4v) is 3.09. The van der Waals surface area contributed by atoms with Gasteiger partial charge in [0.1, 0.15) is 5.75 Å². The number of ether oxygens (including phenoxy) is 1. The summed E-state index contributed by atoms with van der Waals surface area (Å²) < 4.78 is 6.53. The Balaban J connectivity index is 1.98. The highest BCUT2D eigenvalue weighted by atomic mass is 79.9. The Kier molecular flexibility index (Phi) is 9.01. The summed E-state index contributed by atoms with van der Waals surface area (Å²) in [5.74, 6) is 0.0783. The number of carbonyl (C=O) groups is 1. The normalized spacial score (nSPS) is 10.3. The van der Waals surface area contributed by atoms with Crippen LogP contribution in [0.4, 0.5) is 11.4 Å². The minimum absolute atomic E-state index is 0.0274. The number of anilines is 1. The Morgan fingerprint density at radius 3 is 2.55 bits per heavy atom. The molecular weight excluding hydrogens is 458 g/mol. The number of halogens is 1. The number of thiocarbonyl (C=S) groups is 1. The van der Waals surface area contributed by atoms with Crippen molar-refractivity contribution in [1.29, 1.82) is 0 Å². The van der Waals surface area contributed by atoms with Crippen LogP contribution in [-0.2, 0) is 0 Å². The molecule has 0 bridgehead atoms. The highest BCUT2D eigenvalue weighted by Crippen LogP contribution is 2.24. The molecule has 0 aliphatic carbocycles. The van der Waals surface area contributed by atoms with Gasteiger partial charge in [-0.3, -0.25) is 20.2 Å². The number of non-ortho nitro benzene ring substituents is 1. The Morgan fingerprint density at radius 1 is 1.17 bits per heavy atom. The average Bonchev–Trinajstić information content (AvgIpc) is 2.69. The van der Waals surface area contributed by atoms with Crippen LogP contribution in [0.5, 0.6) is 5.75 Å².